The fourth-order valence-corrected chi connectivity index (χ4v) is 0.981. The topological polar surface area (TPSA) is 23.8 Å². The number of nitrogens with zero attached hydrogens (tertiary/aromatic N) is 1. The number of hydrogen-bond acceptors (Lipinski definition) is 1. The third-order valence-electron chi connectivity index (χ3n) is 1.46. The van der Waals surface area contributed by atoms with E-state index in [-0.39, 0.29) is 5.02 Å². The standard InChI is InChI=1S/C10H7ClFN/c11-9-5-4-8(7-10(9)12)3-1-2-6-13/h1,3-5,7H,2H2. The first-order valence-electron chi connectivity index (χ1n) is 3.72. The highest BCUT2D eigenvalue weighted by molar-refractivity contribution is 6.30. The molecular formula is C10H7ClFN. The fourth-order valence-electron chi connectivity index (χ4n) is 0.864. The Morgan fingerprint density at radius 3 is 2.92 bits per heavy atom. The van der Waals surface area contributed by atoms with Gasteiger partial charge in [-0.05, 0) is 17.7 Å². The first kappa shape index (κ1) is 9.76. The lowest BCUT2D eigenvalue weighted by molar-refractivity contribution is 0.628. The minimum atomic E-state index is -0.444. The van der Waals surface area contributed by atoms with Gasteiger partial charge in [-0.25, -0.2) is 4.39 Å². The second kappa shape index (κ2) is 4.64. The van der Waals surface area contributed by atoms with Gasteiger partial charge in [0.1, 0.15) is 5.82 Å². The smallest absolute Gasteiger partial charge is 0.142 e. The molecule has 1 nitrogen and oxygen atoms in total. The molecule has 0 aliphatic carbocycles. The van der Waals surface area contributed by atoms with Crippen LogP contribution < -0.4 is 0 Å². The van der Waals surface area contributed by atoms with E-state index < -0.39 is 5.82 Å². The van der Waals surface area contributed by atoms with Crippen molar-refractivity contribution < 1.29 is 4.39 Å². The van der Waals surface area contributed by atoms with E-state index in [1.54, 1.807) is 18.2 Å². The number of allylic oxidation sites excluding steroid dienone is 1. The van der Waals surface area contributed by atoms with Crippen LogP contribution in [0.5, 0.6) is 0 Å². The second-order valence-corrected chi connectivity index (χ2v) is 2.85. The van der Waals surface area contributed by atoms with Crippen LogP contribution in [-0.2, 0) is 0 Å². The van der Waals surface area contributed by atoms with Gasteiger partial charge in [-0.1, -0.05) is 29.8 Å². The summed E-state index contributed by atoms with van der Waals surface area (Å²) in [5.74, 6) is -0.444. The lowest BCUT2D eigenvalue weighted by atomic mass is 10.2. The molecule has 1 aromatic rings. The van der Waals surface area contributed by atoms with Crippen LogP contribution >= 0.6 is 11.6 Å². The van der Waals surface area contributed by atoms with Crippen LogP contribution in [0.3, 0.4) is 0 Å². The van der Waals surface area contributed by atoms with Gasteiger partial charge in [-0.3, -0.25) is 0 Å². The highest BCUT2D eigenvalue weighted by Crippen LogP contribution is 2.16. The van der Waals surface area contributed by atoms with Crippen LogP contribution in [0, 0.1) is 17.1 Å². The molecule has 0 atom stereocenters. The van der Waals surface area contributed by atoms with Crippen molar-refractivity contribution in [2.45, 2.75) is 6.42 Å². The van der Waals surface area contributed by atoms with Crippen molar-refractivity contribution in [2.24, 2.45) is 0 Å². The molecule has 3 heteroatoms. The van der Waals surface area contributed by atoms with Crippen LogP contribution in [0.15, 0.2) is 24.3 Å². The summed E-state index contributed by atoms with van der Waals surface area (Å²) >= 11 is 5.49. The molecule has 0 fully saturated rings. The van der Waals surface area contributed by atoms with Crippen molar-refractivity contribution in [1.29, 1.82) is 5.26 Å². The predicted octanol–water partition coefficient (Wildman–Crippen LogP) is 3.41. The van der Waals surface area contributed by atoms with Gasteiger partial charge in [0.05, 0.1) is 17.5 Å². The normalized spacial score (nSPS) is 10.2. The Balaban J connectivity index is 2.81. The maximum Gasteiger partial charge on any atom is 0.142 e. The largest absolute Gasteiger partial charge is 0.205 e. The monoisotopic (exact) mass is 195 g/mol. The summed E-state index contributed by atoms with van der Waals surface area (Å²) in [6, 6.07) is 6.47. The highest BCUT2D eigenvalue weighted by Gasteiger charge is 1.97. The van der Waals surface area contributed by atoms with Crippen molar-refractivity contribution in [3.05, 3.63) is 40.7 Å². The highest BCUT2D eigenvalue weighted by atomic mass is 35.5. The molecule has 0 aliphatic rings. The van der Waals surface area contributed by atoms with Crippen LogP contribution in [0.2, 0.25) is 5.02 Å². The average Bonchev–Trinajstić information content (AvgIpc) is 2.12. The first-order chi connectivity index (χ1) is 6.24. The number of nitriles is 1. The van der Waals surface area contributed by atoms with E-state index in [1.807, 2.05) is 6.07 Å². The summed E-state index contributed by atoms with van der Waals surface area (Å²) in [6.07, 6.45) is 3.68. The van der Waals surface area contributed by atoms with Crippen LogP contribution in [0.4, 0.5) is 4.39 Å². The maximum absolute atomic E-state index is 12.9. The Morgan fingerprint density at radius 1 is 1.54 bits per heavy atom. The van der Waals surface area contributed by atoms with Gasteiger partial charge >= 0.3 is 0 Å². The molecule has 0 spiro atoms. The van der Waals surface area contributed by atoms with Gasteiger partial charge in [0.25, 0.3) is 0 Å². The molecule has 66 valence electrons. The lowest BCUT2D eigenvalue weighted by Gasteiger charge is -1.95. The van der Waals surface area contributed by atoms with E-state index in [0.717, 1.165) is 0 Å². The van der Waals surface area contributed by atoms with Gasteiger partial charge in [0.2, 0.25) is 0 Å². The molecule has 0 unspecified atom stereocenters. The van der Waals surface area contributed by atoms with E-state index in [0.29, 0.717) is 12.0 Å². The molecule has 0 heterocycles. The Labute approximate surface area is 81.1 Å². The van der Waals surface area contributed by atoms with Crippen molar-refractivity contribution in [3.8, 4) is 6.07 Å². The van der Waals surface area contributed by atoms with E-state index in [2.05, 4.69) is 0 Å². The lowest BCUT2D eigenvalue weighted by Crippen LogP contribution is -1.78. The van der Waals surface area contributed by atoms with E-state index in [1.165, 1.54) is 12.1 Å². The zero-order valence-electron chi connectivity index (χ0n) is 6.80. The average molecular weight is 196 g/mol. The minimum Gasteiger partial charge on any atom is -0.205 e. The van der Waals surface area contributed by atoms with Crippen molar-refractivity contribution in [2.75, 3.05) is 0 Å². The third-order valence-corrected chi connectivity index (χ3v) is 1.77. The number of halogens is 2. The van der Waals surface area contributed by atoms with Crippen LogP contribution in [0.25, 0.3) is 6.08 Å². The van der Waals surface area contributed by atoms with Gasteiger partial charge in [0.15, 0.2) is 0 Å². The number of benzene rings is 1. The molecule has 0 radical (unpaired) electrons. The number of hydrogen-bond donors (Lipinski definition) is 0. The van der Waals surface area contributed by atoms with E-state index in [9.17, 15) is 4.39 Å². The molecule has 1 aromatic carbocycles. The third kappa shape index (κ3) is 2.89. The predicted molar refractivity (Wildman–Crippen MR) is 50.7 cm³/mol. The van der Waals surface area contributed by atoms with E-state index >= 15 is 0 Å². The minimum absolute atomic E-state index is 0.109. The molecule has 0 aliphatic heterocycles. The Bertz CT molecular complexity index is 366. The van der Waals surface area contributed by atoms with Gasteiger partial charge < -0.3 is 0 Å². The quantitative estimate of drug-likeness (QED) is 0.710. The molecule has 1 rings (SSSR count). The summed E-state index contributed by atoms with van der Waals surface area (Å²) in [6.45, 7) is 0. The molecule has 0 amide bonds. The van der Waals surface area contributed by atoms with Gasteiger partial charge in [0, 0.05) is 0 Å². The fraction of sp³-hybridized carbons (Fsp3) is 0.100. The van der Waals surface area contributed by atoms with Crippen LogP contribution in [-0.4, -0.2) is 0 Å². The zero-order valence-corrected chi connectivity index (χ0v) is 7.55. The molecule has 0 saturated heterocycles. The zero-order chi connectivity index (χ0) is 9.68. The number of rotatable bonds is 2. The molecule has 0 N–H and O–H groups in total. The van der Waals surface area contributed by atoms with Gasteiger partial charge in [-0.15, -0.1) is 0 Å². The van der Waals surface area contributed by atoms with Crippen LogP contribution in [0.1, 0.15) is 12.0 Å². The molecule has 0 bridgehead atoms. The molecular weight excluding hydrogens is 189 g/mol. The molecule has 13 heavy (non-hydrogen) atoms. The Kier molecular flexibility index (Phi) is 3.48. The molecule has 0 saturated carbocycles. The maximum atomic E-state index is 12.9. The summed E-state index contributed by atoms with van der Waals surface area (Å²) in [7, 11) is 0. The summed E-state index contributed by atoms with van der Waals surface area (Å²) in [4.78, 5) is 0. The second-order valence-electron chi connectivity index (χ2n) is 2.44. The van der Waals surface area contributed by atoms with E-state index in [4.69, 9.17) is 16.9 Å². The molecule has 0 aromatic heterocycles. The summed E-state index contributed by atoms with van der Waals surface area (Å²) in [5.41, 5.74) is 0.706. The van der Waals surface area contributed by atoms with Crippen molar-refractivity contribution >= 4 is 17.7 Å². The Hall–Kier alpha value is -1.33. The van der Waals surface area contributed by atoms with Crippen molar-refractivity contribution in [1.82, 2.24) is 0 Å². The SMILES string of the molecule is N#CCC=Cc1ccc(Cl)c(F)c1. The summed E-state index contributed by atoms with van der Waals surface area (Å²) in [5, 5.41) is 8.36. The summed E-state index contributed by atoms with van der Waals surface area (Å²) < 4.78 is 12.9. The first-order valence-corrected chi connectivity index (χ1v) is 4.10. The van der Waals surface area contributed by atoms with Gasteiger partial charge in [-0.2, -0.15) is 5.26 Å². The Morgan fingerprint density at radius 2 is 2.31 bits per heavy atom. The van der Waals surface area contributed by atoms with Crippen molar-refractivity contribution in [3.63, 3.8) is 0 Å².